The highest BCUT2D eigenvalue weighted by Gasteiger charge is 2.20. The molecule has 86 heavy (non-hydrogen) atoms. The Morgan fingerprint density at radius 3 is 0.733 bits per heavy atom. The Hall–Kier alpha value is -3.78. The second-order valence-electron chi connectivity index (χ2n) is 22.4. The molecule has 0 aromatic heterocycles. The first kappa shape index (κ1) is 82.2. The van der Waals surface area contributed by atoms with Crippen LogP contribution in [0.4, 0.5) is 0 Å². The average molecular weight is 1240 g/mol. The van der Waals surface area contributed by atoms with E-state index in [9.17, 15) is 69.6 Å². The van der Waals surface area contributed by atoms with Crippen LogP contribution in [0.15, 0.2) is 0 Å². The lowest BCUT2D eigenvalue weighted by molar-refractivity contribution is -0.870. The standard InChI is InChI=1S/C59H116N7O20/c1-66(2,3)38-12-10-8-6-4-5-7-9-11-13-53(51-85-58(79)18-24-64(34-47-81-54(75)14-20-60(26-39-67)27-40-68)35-48-82-55(76)15-21-61(28-41-69)29-42-70)52-86-59(80)19-25-65(36-49-83-56(77)16-22-62(30-43-71)31-44-72)37-50-84-57(78)17-23-63(32-45-73)33-46-74/h53,67-74H,4-52H2,1-3H3/q+1. The summed E-state index contributed by atoms with van der Waals surface area (Å²) < 4.78 is 34.5. The van der Waals surface area contributed by atoms with Crippen molar-refractivity contribution in [1.82, 2.24) is 29.4 Å². The Labute approximate surface area is 512 Å². The highest BCUT2D eigenvalue weighted by atomic mass is 16.6. The lowest BCUT2D eigenvalue weighted by atomic mass is 10.0. The second kappa shape index (κ2) is 56.5. The van der Waals surface area contributed by atoms with Gasteiger partial charge in [-0.15, -0.1) is 0 Å². The number of carbonyl (C=O) groups is 6. The zero-order chi connectivity index (χ0) is 63.9. The summed E-state index contributed by atoms with van der Waals surface area (Å²) in [5.74, 6) is -3.29. The van der Waals surface area contributed by atoms with Gasteiger partial charge in [-0.1, -0.05) is 44.9 Å². The minimum Gasteiger partial charge on any atom is -0.465 e. The molecule has 0 aliphatic heterocycles. The van der Waals surface area contributed by atoms with Gasteiger partial charge >= 0.3 is 35.8 Å². The third-order valence-corrected chi connectivity index (χ3v) is 14.2. The van der Waals surface area contributed by atoms with E-state index in [1.165, 1.54) is 25.7 Å². The number of unbranched alkanes of at least 4 members (excludes halogenated alkanes) is 8. The van der Waals surface area contributed by atoms with Crippen molar-refractivity contribution in [2.24, 2.45) is 5.92 Å². The number of rotatable bonds is 62. The minimum atomic E-state index is -0.514. The summed E-state index contributed by atoms with van der Waals surface area (Å²) in [4.78, 5) is 87.9. The molecule has 0 bridgehead atoms. The molecular formula is C59H116N7O20+. The molecule has 27 nitrogen and oxygen atoms in total. The summed E-state index contributed by atoms with van der Waals surface area (Å²) in [5, 5.41) is 74.5. The van der Waals surface area contributed by atoms with Crippen LogP contribution in [0.3, 0.4) is 0 Å². The summed E-state index contributed by atoms with van der Waals surface area (Å²) in [7, 11) is 6.62. The first-order chi connectivity index (χ1) is 41.4. The highest BCUT2D eigenvalue weighted by Crippen LogP contribution is 2.16. The van der Waals surface area contributed by atoms with Crippen molar-refractivity contribution >= 4 is 35.8 Å². The normalized spacial score (nSPS) is 11.9. The Bertz CT molecular complexity index is 1490. The monoisotopic (exact) mass is 1240 g/mol. The van der Waals surface area contributed by atoms with Gasteiger partial charge in [0.1, 0.15) is 26.4 Å². The van der Waals surface area contributed by atoms with Gasteiger partial charge in [-0.2, -0.15) is 0 Å². The van der Waals surface area contributed by atoms with Crippen molar-refractivity contribution in [3.05, 3.63) is 0 Å². The van der Waals surface area contributed by atoms with E-state index >= 15 is 0 Å². The predicted molar refractivity (Wildman–Crippen MR) is 321 cm³/mol. The SMILES string of the molecule is C[N+](C)(C)CCCCCCCCCCCC(COC(=O)CCN(CCOC(=O)CCN(CCO)CCO)CCOC(=O)CCN(CCO)CCO)COC(=O)CCN(CCOC(=O)CCN(CCO)CCO)CCOC(=O)CCN(CCO)CCO. The molecule has 0 spiro atoms. The molecule has 0 atom stereocenters. The Kier molecular flexibility index (Phi) is 54.0. The van der Waals surface area contributed by atoms with E-state index in [-0.39, 0.29) is 255 Å². The van der Waals surface area contributed by atoms with Gasteiger partial charge in [-0.25, -0.2) is 0 Å². The molecule has 506 valence electrons. The first-order valence-electron chi connectivity index (χ1n) is 31.4. The van der Waals surface area contributed by atoms with Crippen molar-refractivity contribution in [3.8, 4) is 0 Å². The largest absolute Gasteiger partial charge is 0.465 e. The number of ether oxygens (including phenoxy) is 6. The van der Waals surface area contributed by atoms with Gasteiger partial charge in [-0.3, -0.25) is 58.2 Å². The number of carbonyl (C=O) groups excluding carboxylic acids is 6. The van der Waals surface area contributed by atoms with Gasteiger partial charge in [0, 0.05) is 124 Å². The van der Waals surface area contributed by atoms with Crippen molar-refractivity contribution < 1.29 is 103 Å². The molecule has 0 radical (unpaired) electrons. The zero-order valence-electron chi connectivity index (χ0n) is 52.8. The first-order valence-corrected chi connectivity index (χ1v) is 31.4. The molecule has 0 aliphatic rings. The molecule has 0 rings (SSSR count). The summed E-state index contributed by atoms with van der Waals surface area (Å²) in [6, 6.07) is 0. The maximum atomic E-state index is 13.4. The number of aliphatic hydroxyl groups excluding tert-OH is 8. The van der Waals surface area contributed by atoms with E-state index in [0.717, 1.165) is 43.1 Å². The minimum absolute atomic E-state index is 0.0137. The molecule has 0 aliphatic carbocycles. The van der Waals surface area contributed by atoms with Crippen molar-refractivity contribution in [2.45, 2.75) is 103 Å². The number of esters is 6. The number of aliphatic hydroxyl groups is 8. The predicted octanol–water partition coefficient (Wildman–Crippen LogP) is -1.44. The van der Waals surface area contributed by atoms with Crippen LogP contribution in [0, 0.1) is 5.92 Å². The van der Waals surface area contributed by atoms with E-state index in [1.54, 1.807) is 29.4 Å². The number of hydrogen-bond donors (Lipinski definition) is 8. The van der Waals surface area contributed by atoms with E-state index in [2.05, 4.69) is 21.1 Å². The molecule has 0 unspecified atom stereocenters. The molecule has 0 aromatic carbocycles. The summed E-state index contributed by atoms with van der Waals surface area (Å²) in [6.45, 7) is 4.52. The van der Waals surface area contributed by atoms with Gasteiger partial charge in [0.25, 0.3) is 0 Å². The Balaban J connectivity index is 5.92. The molecule has 8 N–H and O–H groups in total. The fourth-order valence-corrected chi connectivity index (χ4v) is 9.12. The quantitative estimate of drug-likeness (QED) is 0.0150. The van der Waals surface area contributed by atoms with E-state index in [0.29, 0.717) is 6.42 Å². The zero-order valence-corrected chi connectivity index (χ0v) is 52.8. The molecule has 0 amide bonds. The number of hydrogen-bond acceptors (Lipinski definition) is 26. The Morgan fingerprint density at radius 2 is 0.500 bits per heavy atom. The van der Waals surface area contributed by atoms with Crippen molar-refractivity contribution in [1.29, 1.82) is 0 Å². The number of quaternary nitrogens is 1. The molecule has 27 heteroatoms. The third-order valence-electron chi connectivity index (χ3n) is 14.2. The van der Waals surface area contributed by atoms with Crippen molar-refractivity contribution in [2.75, 3.05) is 238 Å². The van der Waals surface area contributed by atoms with Crippen LogP contribution in [0.2, 0.25) is 0 Å². The average Bonchev–Trinajstić information content (AvgIpc) is 3.49. The summed E-state index contributed by atoms with van der Waals surface area (Å²) in [6.07, 6.45) is 10.5. The fourth-order valence-electron chi connectivity index (χ4n) is 9.12. The van der Waals surface area contributed by atoms with Gasteiger partial charge in [-0.05, 0) is 19.3 Å². The topological polar surface area (TPSA) is 339 Å². The van der Waals surface area contributed by atoms with Gasteiger partial charge in [0.2, 0.25) is 0 Å². The van der Waals surface area contributed by atoms with E-state index in [1.807, 2.05) is 0 Å². The van der Waals surface area contributed by atoms with E-state index < -0.39 is 35.8 Å². The molecule has 0 saturated heterocycles. The maximum Gasteiger partial charge on any atom is 0.307 e. The smallest absolute Gasteiger partial charge is 0.307 e. The second-order valence-corrected chi connectivity index (χ2v) is 22.4. The van der Waals surface area contributed by atoms with Crippen LogP contribution in [-0.4, -0.2) is 349 Å². The van der Waals surface area contributed by atoms with Gasteiger partial charge in [0.15, 0.2) is 0 Å². The van der Waals surface area contributed by atoms with Crippen molar-refractivity contribution in [3.63, 3.8) is 0 Å². The molecular weight excluding hydrogens is 1130 g/mol. The molecule has 0 fully saturated rings. The fraction of sp³-hybridized carbons (Fsp3) is 0.898. The van der Waals surface area contributed by atoms with Gasteiger partial charge < -0.3 is 73.8 Å². The van der Waals surface area contributed by atoms with Crippen LogP contribution >= 0.6 is 0 Å². The Morgan fingerprint density at radius 1 is 0.291 bits per heavy atom. The summed E-state index contributed by atoms with van der Waals surface area (Å²) >= 11 is 0. The van der Waals surface area contributed by atoms with Crippen LogP contribution in [0.25, 0.3) is 0 Å². The van der Waals surface area contributed by atoms with Crippen LogP contribution in [-0.2, 0) is 57.2 Å². The summed E-state index contributed by atoms with van der Waals surface area (Å²) in [5.41, 5.74) is 0. The van der Waals surface area contributed by atoms with Crippen LogP contribution < -0.4 is 0 Å². The van der Waals surface area contributed by atoms with Crippen LogP contribution in [0.5, 0.6) is 0 Å². The lowest BCUT2D eigenvalue weighted by Gasteiger charge is -2.23. The van der Waals surface area contributed by atoms with Crippen LogP contribution in [0.1, 0.15) is 103 Å². The van der Waals surface area contributed by atoms with E-state index in [4.69, 9.17) is 28.4 Å². The maximum absolute atomic E-state index is 13.4. The lowest BCUT2D eigenvalue weighted by Crippen LogP contribution is -2.36. The molecule has 0 heterocycles. The van der Waals surface area contributed by atoms with Gasteiger partial charge in [0.05, 0.1) is 132 Å². The highest BCUT2D eigenvalue weighted by molar-refractivity contribution is 5.71. The molecule has 0 saturated carbocycles. The number of nitrogens with zero attached hydrogens (tertiary/aromatic N) is 7. The third kappa shape index (κ3) is 51.1. The molecule has 0 aromatic rings.